The van der Waals surface area contributed by atoms with E-state index in [9.17, 15) is 22.8 Å². The summed E-state index contributed by atoms with van der Waals surface area (Å²) in [6, 6.07) is 8.84. The molecule has 0 aliphatic heterocycles. The second-order valence-electron chi connectivity index (χ2n) is 10.7. The van der Waals surface area contributed by atoms with Crippen molar-refractivity contribution in [3.63, 3.8) is 0 Å². The van der Waals surface area contributed by atoms with Gasteiger partial charge < -0.3 is 19.7 Å². The molecule has 1 N–H and O–H groups in total. The number of hydrogen-bond acceptors (Lipinski definition) is 7. The number of alkyl halides is 3. The van der Waals surface area contributed by atoms with Crippen molar-refractivity contribution in [1.29, 1.82) is 0 Å². The van der Waals surface area contributed by atoms with Crippen molar-refractivity contribution in [2.24, 2.45) is 5.92 Å². The predicted molar refractivity (Wildman–Crippen MR) is 155 cm³/mol. The number of halogens is 3. The molecule has 1 fully saturated rings. The quantitative estimate of drug-likeness (QED) is 0.247. The molecule has 43 heavy (non-hydrogen) atoms. The number of aromatic nitrogens is 3. The van der Waals surface area contributed by atoms with Gasteiger partial charge in [0.25, 0.3) is 5.91 Å². The van der Waals surface area contributed by atoms with E-state index >= 15 is 0 Å². The molecule has 1 aliphatic rings. The Morgan fingerprint density at radius 1 is 1.14 bits per heavy atom. The Morgan fingerprint density at radius 2 is 1.86 bits per heavy atom. The molecular formula is C31H38F3N5O4. The topological polar surface area (TPSA) is 98.6 Å². The summed E-state index contributed by atoms with van der Waals surface area (Å²) in [5.41, 5.74) is 1.90. The lowest BCUT2D eigenvalue weighted by Gasteiger charge is -2.32. The third-order valence-corrected chi connectivity index (χ3v) is 7.63. The van der Waals surface area contributed by atoms with E-state index < -0.39 is 11.7 Å². The fourth-order valence-electron chi connectivity index (χ4n) is 5.39. The number of pyridine rings is 1. The summed E-state index contributed by atoms with van der Waals surface area (Å²) in [4.78, 5) is 30.2. The minimum Gasteiger partial charge on any atom is -0.466 e. The number of nitrogens with one attached hydrogen (secondary N) is 1. The van der Waals surface area contributed by atoms with Crippen LogP contribution in [0.5, 0.6) is 0 Å². The van der Waals surface area contributed by atoms with Crippen LogP contribution in [0.1, 0.15) is 78.7 Å². The molecule has 9 nitrogen and oxygen atoms in total. The molecule has 1 saturated carbocycles. The van der Waals surface area contributed by atoms with Gasteiger partial charge in [-0.2, -0.15) is 18.3 Å². The predicted octanol–water partition coefficient (Wildman–Crippen LogP) is 6.19. The molecule has 232 valence electrons. The third kappa shape index (κ3) is 8.34. The van der Waals surface area contributed by atoms with E-state index in [1.54, 1.807) is 39.4 Å². The Labute approximate surface area is 249 Å². The number of nitrogens with zero attached hydrogens (tertiary/aromatic N) is 4. The molecular weight excluding hydrogens is 563 g/mol. The number of anilines is 1. The Bertz CT molecular complexity index is 1370. The maximum Gasteiger partial charge on any atom is 0.416 e. The fourth-order valence-corrected chi connectivity index (χ4v) is 5.39. The van der Waals surface area contributed by atoms with Gasteiger partial charge in [0.1, 0.15) is 0 Å². The van der Waals surface area contributed by atoms with Gasteiger partial charge in [-0.25, -0.2) is 9.67 Å². The maximum atomic E-state index is 13.4. The lowest BCUT2D eigenvalue weighted by Crippen LogP contribution is -2.29. The van der Waals surface area contributed by atoms with Crippen LogP contribution < -0.4 is 5.32 Å². The average Bonchev–Trinajstić information content (AvgIpc) is 3.42. The molecule has 2 aromatic heterocycles. The molecule has 1 unspecified atom stereocenters. The zero-order valence-electron chi connectivity index (χ0n) is 24.7. The SMILES string of the molecule is CCOC(=O)CCN(C)C(=O)c1ccc(NC(c2cn(-c3cc(C(F)(F)F)ccn3)nc2COC)C2CCCCC2)cc1. The molecule has 0 radical (unpaired) electrons. The van der Waals surface area contributed by atoms with Gasteiger partial charge in [-0.15, -0.1) is 0 Å². The summed E-state index contributed by atoms with van der Waals surface area (Å²) < 4.78 is 51.9. The minimum atomic E-state index is -4.50. The van der Waals surface area contributed by atoms with Crippen molar-refractivity contribution in [2.75, 3.05) is 32.6 Å². The smallest absolute Gasteiger partial charge is 0.416 e. The molecule has 12 heteroatoms. The summed E-state index contributed by atoms with van der Waals surface area (Å²) in [5, 5.41) is 8.21. The zero-order chi connectivity index (χ0) is 31.0. The molecule has 1 aromatic carbocycles. The van der Waals surface area contributed by atoms with Crippen LogP contribution in [0.15, 0.2) is 48.8 Å². The maximum absolute atomic E-state index is 13.4. The second-order valence-corrected chi connectivity index (χ2v) is 10.7. The Morgan fingerprint density at radius 3 is 2.51 bits per heavy atom. The van der Waals surface area contributed by atoms with Gasteiger partial charge >= 0.3 is 12.1 Å². The highest BCUT2D eigenvalue weighted by Gasteiger charge is 2.32. The van der Waals surface area contributed by atoms with Crippen molar-refractivity contribution in [1.82, 2.24) is 19.7 Å². The summed E-state index contributed by atoms with van der Waals surface area (Å²) in [6.45, 7) is 2.45. The Hall–Kier alpha value is -3.93. The van der Waals surface area contributed by atoms with Crippen LogP contribution in [0.3, 0.4) is 0 Å². The van der Waals surface area contributed by atoms with E-state index in [-0.39, 0.29) is 49.2 Å². The van der Waals surface area contributed by atoms with Crippen molar-refractivity contribution < 1.29 is 32.2 Å². The minimum absolute atomic E-state index is 0.0655. The van der Waals surface area contributed by atoms with Crippen LogP contribution in [0, 0.1) is 5.92 Å². The Kier molecular flexibility index (Phi) is 10.8. The van der Waals surface area contributed by atoms with Gasteiger partial charge in [-0.1, -0.05) is 19.3 Å². The van der Waals surface area contributed by atoms with Crippen LogP contribution in [0.2, 0.25) is 0 Å². The fraction of sp³-hybridized carbons (Fsp3) is 0.484. The summed E-state index contributed by atoms with van der Waals surface area (Å²) in [6.07, 6.45) is 3.77. The number of ether oxygens (including phenoxy) is 2. The molecule has 1 amide bonds. The molecule has 1 atom stereocenters. The highest BCUT2D eigenvalue weighted by Crippen LogP contribution is 2.38. The molecule has 3 aromatic rings. The molecule has 4 rings (SSSR count). The molecule has 2 heterocycles. The van der Waals surface area contributed by atoms with Gasteiger partial charge in [0.05, 0.1) is 36.9 Å². The van der Waals surface area contributed by atoms with Gasteiger partial charge in [0.2, 0.25) is 0 Å². The third-order valence-electron chi connectivity index (χ3n) is 7.63. The van der Waals surface area contributed by atoms with Gasteiger partial charge in [-0.05, 0) is 62.1 Å². The molecule has 1 aliphatic carbocycles. The Balaban J connectivity index is 1.59. The normalized spacial score (nSPS) is 14.7. The van der Waals surface area contributed by atoms with Crippen LogP contribution in [0.25, 0.3) is 5.82 Å². The highest BCUT2D eigenvalue weighted by molar-refractivity contribution is 5.94. The van der Waals surface area contributed by atoms with Crippen molar-refractivity contribution in [2.45, 2.75) is 64.3 Å². The molecule has 0 saturated heterocycles. The summed E-state index contributed by atoms with van der Waals surface area (Å²) in [5.74, 6) is -0.241. The number of hydrogen-bond donors (Lipinski definition) is 1. The van der Waals surface area contributed by atoms with E-state index in [1.807, 2.05) is 12.1 Å². The number of benzene rings is 1. The first-order valence-corrected chi connectivity index (χ1v) is 14.5. The van der Waals surface area contributed by atoms with Crippen molar-refractivity contribution in [3.8, 4) is 5.82 Å². The standard InChI is InChI=1S/C31H38F3N5O4/c1-4-43-28(40)15-17-38(2)30(41)22-10-12-24(13-11-22)36-29(21-8-6-5-7-9-21)25-19-39(37-26(25)20-42-3)27-18-23(14-16-35-27)31(32,33)34/h10-14,16,18-19,21,29,36H,4-9,15,17,20H2,1-3H3. The van der Waals surface area contributed by atoms with Crippen LogP contribution >= 0.6 is 0 Å². The largest absolute Gasteiger partial charge is 0.466 e. The van der Waals surface area contributed by atoms with Gasteiger partial charge in [0, 0.05) is 49.9 Å². The summed E-state index contributed by atoms with van der Waals surface area (Å²) in [7, 11) is 3.19. The summed E-state index contributed by atoms with van der Waals surface area (Å²) >= 11 is 0. The molecule has 0 spiro atoms. The second kappa shape index (κ2) is 14.5. The number of esters is 1. The van der Waals surface area contributed by atoms with Crippen molar-refractivity contribution >= 4 is 17.6 Å². The number of carbonyl (C=O) groups is 2. The number of rotatable bonds is 12. The lowest BCUT2D eigenvalue weighted by molar-refractivity contribution is -0.143. The highest BCUT2D eigenvalue weighted by atomic mass is 19.4. The monoisotopic (exact) mass is 601 g/mol. The number of amides is 1. The van der Waals surface area contributed by atoms with E-state index in [0.29, 0.717) is 17.9 Å². The number of carbonyl (C=O) groups excluding carboxylic acids is 2. The van der Waals surface area contributed by atoms with Crippen LogP contribution in [-0.2, 0) is 27.1 Å². The molecule has 0 bridgehead atoms. The van der Waals surface area contributed by atoms with E-state index in [4.69, 9.17) is 9.47 Å². The van der Waals surface area contributed by atoms with Crippen LogP contribution in [0.4, 0.5) is 18.9 Å². The number of methoxy groups -OCH3 is 1. The average molecular weight is 602 g/mol. The van der Waals surface area contributed by atoms with E-state index in [1.165, 1.54) is 9.58 Å². The first-order chi connectivity index (χ1) is 20.6. The van der Waals surface area contributed by atoms with E-state index in [2.05, 4.69) is 15.4 Å². The first kappa shape index (κ1) is 32.0. The van der Waals surface area contributed by atoms with E-state index in [0.717, 1.165) is 61.7 Å². The van der Waals surface area contributed by atoms with Crippen molar-refractivity contribution in [3.05, 3.63) is 71.2 Å². The van der Waals surface area contributed by atoms with Crippen LogP contribution in [-0.4, -0.2) is 58.8 Å². The van der Waals surface area contributed by atoms with Gasteiger partial charge in [-0.3, -0.25) is 9.59 Å². The lowest BCUT2D eigenvalue weighted by atomic mass is 9.81. The van der Waals surface area contributed by atoms with Gasteiger partial charge in [0.15, 0.2) is 5.82 Å². The first-order valence-electron chi connectivity index (χ1n) is 14.5. The zero-order valence-corrected chi connectivity index (χ0v) is 24.7.